The highest BCUT2D eigenvalue weighted by Gasteiger charge is 2.24. The summed E-state index contributed by atoms with van der Waals surface area (Å²) in [4.78, 5) is 15.4. The molecule has 4 heteroatoms. The number of rotatable bonds is 2. The van der Waals surface area contributed by atoms with Crippen LogP contribution in [0.15, 0.2) is 22.8 Å². The van der Waals surface area contributed by atoms with Crippen LogP contribution in [-0.2, 0) is 0 Å². The van der Waals surface area contributed by atoms with Crippen molar-refractivity contribution in [1.82, 2.24) is 10.3 Å². The van der Waals surface area contributed by atoms with Gasteiger partial charge in [0.15, 0.2) is 0 Å². The van der Waals surface area contributed by atoms with E-state index in [1.54, 1.807) is 12.3 Å². The van der Waals surface area contributed by atoms with Crippen LogP contribution >= 0.6 is 15.9 Å². The fourth-order valence-corrected chi connectivity index (χ4v) is 1.23. The SMILES string of the molecule is O=C(NC1CC1)c1ccc(Br)cn1. The predicted molar refractivity (Wildman–Crippen MR) is 52.4 cm³/mol. The highest BCUT2D eigenvalue weighted by atomic mass is 79.9. The van der Waals surface area contributed by atoms with Crippen molar-refractivity contribution in [3.63, 3.8) is 0 Å². The Hall–Kier alpha value is -0.900. The molecule has 2 rings (SSSR count). The van der Waals surface area contributed by atoms with Gasteiger partial charge in [-0.15, -0.1) is 0 Å². The first kappa shape index (κ1) is 8.69. The third-order valence-electron chi connectivity index (χ3n) is 1.87. The maximum atomic E-state index is 11.4. The van der Waals surface area contributed by atoms with Crippen LogP contribution in [0.3, 0.4) is 0 Å². The smallest absolute Gasteiger partial charge is 0.270 e. The van der Waals surface area contributed by atoms with Gasteiger partial charge in [0.2, 0.25) is 0 Å². The topological polar surface area (TPSA) is 42.0 Å². The van der Waals surface area contributed by atoms with Crippen molar-refractivity contribution in [2.24, 2.45) is 0 Å². The van der Waals surface area contributed by atoms with E-state index in [4.69, 9.17) is 0 Å². The van der Waals surface area contributed by atoms with Crippen LogP contribution in [0.5, 0.6) is 0 Å². The molecule has 13 heavy (non-hydrogen) atoms. The Kier molecular flexibility index (Phi) is 2.31. The molecule has 1 N–H and O–H groups in total. The van der Waals surface area contributed by atoms with Crippen molar-refractivity contribution >= 4 is 21.8 Å². The van der Waals surface area contributed by atoms with Gasteiger partial charge in [0.05, 0.1) is 0 Å². The Morgan fingerprint density at radius 1 is 1.54 bits per heavy atom. The number of amides is 1. The minimum Gasteiger partial charge on any atom is -0.348 e. The van der Waals surface area contributed by atoms with Gasteiger partial charge in [0, 0.05) is 16.7 Å². The lowest BCUT2D eigenvalue weighted by Crippen LogP contribution is -2.26. The molecular weight excluding hydrogens is 232 g/mol. The third-order valence-corrected chi connectivity index (χ3v) is 2.34. The lowest BCUT2D eigenvalue weighted by atomic mass is 10.3. The second-order valence-electron chi connectivity index (χ2n) is 3.11. The Morgan fingerprint density at radius 3 is 2.85 bits per heavy atom. The molecule has 1 amide bonds. The molecule has 0 aliphatic heterocycles. The molecule has 0 saturated heterocycles. The highest BCUT2D eigenvalue weighted by molar-refractivity contribution is 9.10. The molecule has 1 fully saturated rings. The first-order valence-electron chi connectivity index (χ1n) is 4.18. The predicted octanol–water partition coefficient (Wildman–Crippen LogP) is 1.74. The minimum absolute atomic E-state index is 0.0741. The molecule has 0 radical (unpaired) electrons. The third kappa shape index (κ3) is 2.28. The van der Waals surface area contributed by atoms with Crippen LogP contribution < -0.4 is 5.32 Å². The minimum atomic E-state index is -0.0741. The van der Waals surface area contributed by atoms with Gasteiger partial charge in [-0.3, -0.25) is 4.79 Å². The zero-order valence-corrected chi connectivity index (χ0v) is 8.54. The van der Waals surface area contributed by atoms with Crippen LogP contribution in [0.25, 0.3) is 0 Å². The zero-order valence-electron chi connectivity index (χ0n) is 6.96. The van der Waals surface area contributed by atoms with Gasteiger partial charge in [0.25, 0.3) is 5.91 Å². The van der Waals surface area contributed by atoms with Gasteiger partial charge < -0.3 is 5.32 Å². The summed E-state index contributed by atoms with van der Waals surface area (Å²) in [5.74, 6) is -0.0741. The van der Waals surface area contributed by atoms with Gasteiger partial charge in [-0.25, -0.2) is 4.98 Å². The molecule has 1 heterocycles. The first-order chi connectivity index (χ1) is 6.25. The van der Waals surface area contributed by atoms with Gasteiger partial charge >= 0.3 is 0 Å². The number of hydrogen-bond acceptors (Lipinski definition) is 2. The fourth-order valence-electron chi connectivity index (χ4n) is 0.997. The van der Waals surface area contributed by atoms with Gasteiger partial charge in [-0.1, -0.05) is 0 Å². The Bertz CT molecular complexity index is 319. The number of hydrogen-bond donors (Lipinski definition) is 1. The summed E-state index contributed by atoms with van der Waals surface area (Å²) < 4.78 is 0.885. The van der Waals surface area contributed by atoms with Gasteiger partial charge in [-0.2, -0.15) is 0 Å². The summed E-state index contributed by atoms with van der Waals surface area (Å²) in [5, 5.41) is 2.87. The second kappa shape index (κ2) is 3.46. The van der Waals surface area contributed by atoms with Gasteiger partial charge in [-0.05, 0) is 40.9 Å². The number of carbonyl (C=O) groups excluding carboxylic acids is 1. The first-order valence-corrected chi connectivity index (χ1v) is 4.97. The molecule has 1 aliphatic carbocycles. The quantitative estimate of drug-likeness (QED) is 0.856. The zero-order chi connectivity index (χ0) is 9.26. The molecule has 0 unspecified atom stereocenters. The van der Waals surface area contributed by atoms with Crippen LogP contribution in [0.1, 0.15) is 23.3 Å². The van der Waals surface area contributed by atoms with Crippen molar-refractivity contribution in [2.75, 3.05) is 0 Å². The van der Waals surface area contributed by atoms with Crippen molar-refractivity contribution in [2.45, 2.75) is 18.9 Å². The fraction of sp³-hybridized carbons (Fsp3) is 0.333. The van der Waals surface area contributed by atoms with E-state index in [2.05, 4.69) is 26.2 Å². The van der Waals surface area contributed by atoms with Gasteiger partial charge in [0.1, 0.15) is 5.69 Å². The molecule has 0 spiro atoms. The molecule has 1 aliphatic rings. The molecule has 3 nitrogen and oxygen atoms in total. The van der Waals surface area contributed by atoms with E-state index in [9.17, 15) is 4.79 Å². The molecule has 1 aromatic rings. The number of nitrogens with one attached hydrogen (secondary N) is 1. The van der Waals surface area contributed by atoms with E-state index >= 15 is 0 Å². The molecule has 1 saturated carbocycles. The number of pyridine rings is 1. The largest absolute Gasteiger partial charge is 0.348 e. The molecular formula is C9H9BrN2O. The van der Waals surface area contributed by atoms with Crippen molar-refractivity contribution in [1.29, 1.82) is 0 Å². The summed E-state index contributed by atoms with van der Waals surface area (Å²) in [7, 11) is 0. The number of aromatic nitrogens is 1. The van der Waals surface area contributed by atoms with E-state index in [0.717, 1.165) is 17.3 Å². The van der Waals surface area contributed by atoms with Crippen molar-refractivity contribution in [3.8, 4) is 0 Å². The van der Waals surface area contributed by atoms with Crippen molar-refractivity contribution in [3.05, 3.63) is 28.5 Å². The normalized spacial score (nSPS) is 15.5. The number of carbonyl (C=O) groups is 1. The Morgan fingerprint density at radius 2 is 2.31 bits per heavy atom. The highest BCUT2D eigenvalue weighted by Crippen LogP contribution is 2.19. The summed E-state index contributed by atoms with van der Waals surface area (Å²) in [6, 6.07) is 3.91. The van der Waals surface area contributed by atoms with Crippen LogP contribution in [-0.4, -0.2) is 16.9 Å². The summed E-state index contributed by atoms with van der Waals surface area (Å²) in [6.45, 7) is 0. The van der Waals surface area contributed by atoms with Crippen LogP contribution in [0, 0.1) is 0 Å². The monoisotopic (exact) mass is 240 g/mol. The molecule has 0 aromatic carbocycles. The average molecular weight is 241 g/mol. The van der Waals surface area contributed by atoms with E-state index in [-0.39, 0.29) is 5.91 Å². The Labute approximate surface area is 84.7 Å². The Balaban J connectivity index is 2.05. The van der Waals surface area contributed by atoms with E-state index in [1.807, 2.05) is 6.07 Å². The maximum Gasteiger partial charge on any atom is 0.270 e. The molecule has 0 atom stereocenters. The average Bonchev–Trinajstić information content (AvgIpc) is 2.89. The van der Waals surface area contributed by atoms with E-state index < -0.39 is 0 Å². The summed E-state index contributed by atoms with van der Waals surface area (Å²) in [5.41, 5.74) is 0.482. The molecule has 68 valence electrons. The van der Waals surface area contributed by atoms with Crippen LogP contribution in [0.2, 0.25) is 0 Å². The lowest BCUT2D eigenvalue weighted by Gasteiger charge is -2.01. The molecule has 0 bridgehead atoms. The van der Waals surface area contributed by atoms with Crippen molar-refractivity contribution < 1.29 is 4.79 Å². The maximum absolute atomic E-state index is 11.4. The standard InChI is InChI=1S/C9H9BrN2O/c10-6-1-4-8(11-5-6)9(13)12-7-2-3-7/h1,4-5,7H,2-3H2,(H,12,13). The van der Waals surface area contributed by atoms with E-state index in [0.29, 0.717) is 11.7 Å². The summed E-state index contributed by atoms with van der Waals surface area (Å²) in [6.07, 6.45) is 3.83. The lowest BCUT2D eigenvalue weighted by molar-refractivity contribution is 0.0946. The summed E-state index contributed by atoms with van der Waals surface area (Å²) >= 11 is 3.26. The van der Waals surface area contributed by atoms with E-state index in [1.165, 1.54) is 0 Å². The molecule has 1 aromatic heterocycles. The second-order valence-corrected chi connectivity index (χ2v) is 4.03. The number of halogens is 1. The number of nitrogens with zero attached hydrogens (tertiary/aromatic N) is 1. The van der Waals surface area contributed by atoms with Crippen LogP contribution in [0.4, 0.5) is 0 Å².